The van der Waals surface area contributed by atoms with Gasteiger partial charge in [0.05, 0.1) is 65.7 Å². The first-order chi connectivity index (χ1) is 18.1. The summed E-state index contributed by atoms with van der Waals surface area (Å²) in [4.78, 5) is 18.7. The highest BCUT2D eigenvalue weighted by Gasteiger charge is 2.18. The van der Waals surface area contributed by atoms with Crippen molar-refractivity contribution < 1.29 is 54.7 Å². The number of hydrogen-bond donors (Lipinski definition) is 0. The first-order valence-electron chi connectivity index (χ1n) is 14.3. The third kappa shape index (κ3) is 6.05. The summed E-state index contributed by atoms with van der Waals surface area (Å²) in [6.07, 6.45) is 4.72. The molecule has 0 unspecified atom stereocenters. The van der Waals surface area contributed by atoms with Gasteiger partial charge in [-0.1, -0.05) is 6.07 Å². The summed E-state index contributed by atoms with van der Waals surface area (Å²) in [6, 6.07) is 7.20. The van der Waals surface area contributed by atoms with E-state index in [9.17, 15) is 4.79 Å². The van der Waals surface area contributed by atoms with Crippen LogP contribution < -0.4 is 24.0 Å². The molecule has 31 heavy (non-hydrogen) atoms. The summed E-state index contributed by atoms with van der Waals surface area (Å²) in [7, 11) is 0. The number of aromatic nitrogens is 1. The molecule has 0 spiro atoms. The molecule has 6 nitrogen and oxygen atoms in total. The van der Waals surface area contributed by atoms with Crippen LogP contribution in [0.25, 0.3) is 22.1 Å². The minimum atomic E-state index is -3.31. The lowest BCUT2D eigenvalue weighted by Gasteiger charge is -2.26. The fourth-order valence-electron chi connectivity index (χ4n) is 3.58. The summed E-state index contributed by atoms with van der Waals surface area (Å²) in [5.74, 6) is -0.01000. The zero-order chi connectivity index (χ0) is 28.6. The number of fused-ring (bicyclic) bond motifs is 1. The van der Waals surface area contributed by atoms with Crippen LogP contribution in [-0.2, 0) is 22.4 Å². The second-order valence-corrected chi connectivity index (χ2v) is 7.51. The number of carbonyl (C=O) groups excluding carboxylic acids is 1. The van der Waals surface area contributed by atoms with Gasteiger partial charge in [0.2, 0.25) is 5.91 Å². The molecule has 2 aromatic heterocycles. The van der Waals surface area contributed by atoms with Crippen LogP contribution >= 0.6 is 0 Å². The lowest BCUT2D eigenvalue weighted by atomic mass is 10.0. The Hall–Kier alpha value is -1.97. The molecule has 3 aromatic rings. The maximum absolute atomic E-state index is 12.7. The number of morpholine rings is 1. The van der Waals surface area contributed by atoms with Gasteiger partial charge in [0.15, 0.2) is 0 Å². The first kappa shape index (κ1) is 14.2. The number of benzene rings is 1. The molecule has 0 saturated carbocycles. The van der Waals surface area contributed by atoms with Crippen LogP contribution in [0.3, 0.4) is 0 Å². The monoisotopic (exact) mass is 544 g/mol. The maximum atomic E-state index is 12.7. The Balaban J connectivity index is 0.00000441. The Morgan fingerprint density at radius 2 is 1.97 bits per heavy atom. The van der Waals surface area contributed by atoms with E-state index in [1.165, 1.54) is 6.26 Å². The Kier molecular flexibility index (Phi) is 4.64. The van der Waals surface area contributed by atoms with Gasteiger partial charge < -0.3 is 42.5 Å². The average Bonchev–Trinajstić information content (AvgIpc) is 3.25. The molecule has 7 heteroatoms. The van der Waals surface area contributed by atoms with Crippen molar-refractivity contribution in [2.75, 3.05) is 53.8 Å². The lowest BCUT2D eigenvalue weighted by molar-refractivity contribution is -0.870. The van der Waals surface area contributed by atoms with Gasteiger partial charge in [0, 0.05) is 48.4 Å². The number of halogens is 1. The Labute approximate surface area is 213 Å². The van der Waals surface area contributed by atoms with Gasteiger partial charge >= 0.3 is 0 Å². The summed E-state index contributed by atoms with van der Waals surface area (Å²) in [5, 5.41) is 0.599. The Bertz CT molecular complexity index is 1300. The molecule has 3 heterocycles. The molecule has 0 N–H and O–H groups in total. The zero-order valence-electron chi connectivity index (χ0n) is 25.9. The van der Waals surface area contributed by atoms with Crippen molar-refractivity contribution in [2.24, 2.45) is 0 Å². The van der Waals surface area contributed by atoms with E-state index in [1.54, 1.807) is 29.4 Å². The van der Waals surface area contributed by atoms with Crippen molar-refractivity contribution >= 4 is 16.9 Å². The van der Waals surface area contributed by atoms with Gasteiger partial charge in [0.25, 0.3) is 0 Å². The number of nitrogens with zero attached hydrogens (tertiary/aromatic N) is 3. The molecule has 0 bridgehead atoms. The molecule has 0 radical (unpaired) electrons. The molecule has 0 aliphatic carbocycles. The van der Waals surface area contributed by atoms with E-state index in [0.29, 0.717) is 42.8 Å². The molecule has 1 aromatic carbocycles. The average molecular weight is 544 g/mol. The smallest absolute Gasteiger partial charge is 0.227 e. The quantitative estimate of drug-likeness (QED) is 0.328. The fourth-order valence-corrected chi connectivity index (χ4v) is 3.58. The van der Waals surface area contributed by atoms with Crippen molar-refractivity contribution in [1.29, 1.82) is 0 Å². The number of likely N-dealkylation sites (N-methyl/N-ethyl adjacent to an activating group) is 1. The molecule has 1 aliphatic rings. The number of quaternary nitrogens is 1. The van der Waals surface area contributed by atoms with Crippen LogP contribution in [0.2, 0.25) is 0 Å². The second kappa shape index (κ2) is 10.1. The maximum Gasteiger partial charge on any atom is 0.227 e. The van der Waals surface area contributed by atoms with E-state index in [-0.39, 0.29) is 42.7 Å². The number of rotatable bonds is 6. The van der Waals surface area contributed by atoms with Gasteiger partial charge in [-0.15, -0.1) is 0 Å². The Morgan fingerprint density at radius 3 is 2.74 bits per heavy atom. The van der Waals surface area contributed by atoms with E-state index in [2.05, 4.69) is 4.98 Å². The highest BCUT2D eigenvalue weighted by atomic mass is 127. The van der Waals surface area contributed by atoms with Crippen molar-refractivity contribution in [3.63, 3.8) is 0 Å². The van der Waals surface area contributed by atoms with Gasteiger partial charge in [-0.05, 0) is 29.3 Å². The fraction of sp³-hybridized carbons (Fsp3) is 0.417. The lowest BCUT2D eigenvalue weighted by Crippen LogP contribution is -3.00. The highest BCUT2D eigenvalue weighted by Crippen LogP contribution is 2.28. The molecule has 1 amide bonds. The van der Waals surface area contributed by atoms with Gasteiger partial charge in [-0.2, -0.15) is 0 Å². The second-order valence-electron chi connectivity index (χ2n) is 7.51. The molecule has 166 valence electrons. The predicted octanol–water partition coefficient (Wildman–Crippen LogP) is 0.149. The van der Waals surface area contributed by atoms with E-state index in [0.717, 1.165) is 16.7 Å². The van der Waals surface area contributed by atoms with Crippen molar-refractivity contribution in [3.8, 4) is 11.1 Å². The summed E-state index contributed by atoms with van der Waals surface area (Å²) >= 11 is 0. The first-order valence-corrected chi connectivity index (χ1v) is 9.82. The van der Waals surface area contributed by atoms with E-state index in [1.807, 2.05) is 12.1 Å². The third-order valence-corrected chi connectivity index (χ3v) is 5.22. The van der Waals surface area contributed by atoms with Crippen LogP contribution in [0.5, 0.6) is 0 Å². The van der Waals surface area contributed by atoms with Gasteiger partial charge in [-0.3, -0.25) is 9.78 Å². The number of furan rings is 1. The SMILES string of the molecule is [2H]C([2H])([2H])[N+](CCc1coc2ccc(-c3cncc(CC(=O)N4CCOCC4)c3)cc12)(C([2H])([2H])[2H])C([2H])([2H])[2H].[I-]. The number of amides is 1. The normalized spacial score (nSPS) is 20.0. The largest absolute Gasteiger partial charge is 1.00 e. The molecule has 1 saturated heterocycles. The zero-order valence-corrected chi connectivity index (χ0v) is 19.1. The minimum Gasteiger partial charge on any atom is -1.00 e. The highest BCUT2D eigenvalue weighted by molar-refractivity contribution is 5.86. The van der Waals surface area contributed by atoms with Crippen LogP contribution in [0, 0.1) is 0 Å². The van der Waals surface area contributed by atoms with Crippen LogP contribution in [0.4, 0.5) is 0 Å². The Morgan fingerprint density at radius 1 is 1.16 bits per heavy atom. The topological polar surface area (TPSA) is 55.6 Å². The van der Waals surface area contributed by atoms with E-state index in [4.69, 9.17) is 21.5 Å². The van der Waals surface area contributed by atoms with E-state index >= 15 is 0 Å². The third-order valence-electron chi connectivity index (χ3n) is 5.22. The molecule has 1 fully saturated rings. The van der Waals surface area contributed by atoms with Crippen molar-refractivity contribution in [2.45, 2.75) is 12.8 Å². The summed E-state index contributed by atoms with van der Waals surface area (Å²) < 4.78 is 79.5. The number of pyridine rings is 1. The molecular weight excluding hydrogens is 505 g/mol. The van der Waals surface area contributed by atoms with Crippen molar-refractivity contribution in [1.82, 2.24) is 9.88 Å². The van der Waals surface area contributed by atoms with Crippen LogP contribution in [0.1, 0.15) is 23.5 Å². The number of carbonyl (C=O) groups is 1. The molecule has 4 rings (SSSR count). The van der Waals surface area contributed by atoms with Crippen molar-refractivity contribution in [3.05, 3.63) is 54.0 Å². The summed E-state index contributed by atoms with van der Waals surface area (Å²) in [5.41, 5.74) is 3.20. The summed E-state index contributed by atoms with van der Waals surface area (Å²) in [6.45, 7) is -8.48. The number of hydrogen-bond acceptors (Lipinski definition) is 4. The molecule has 1 aliphatic heterocycles. The number of ether oxygens (including phenoxy) is 1. The van der Waals surface area contributed by atoms with Crippen LogP contribution in [0.15, 0.2) is 47.3 Å². The predicted molar refractivity (Wildman–Crippen MR) is 117 cm³/mol. The van der Waals surface area contributed by atoms with Crippen LogP contribution in [-0.4, -0.2) is 74.0 Å². The molecular formula is C24H30IN3O3. The van der Waals surface area contributed by atoms with Gasteiger partial charge in [-0.25, -0.2) is 0 Å². The van der Waals surface area contributed by atoms with E-state index < -0.39 is 32.0 Å². The molecule has 0 atom stereocenters. The standard InChI is InChI=1S/C24H30N3O3.HI/c1-27(2,3)9-6-20-17-30-23-5-4-19(14-22(20)23)21-12-18(15-25-16-21)13-24(28)26-7-10-29-11-8-26;/h4-5,12,14-17H,6-11,13H2,1-3H3;1H/q+1;/p-1/i1D3,2D3,3D3;. The van der Waals surface area contributed by atoms with Gasteiger partial charge in [0.1, 0.15) is 5.58 Å². The minimum absolute atomic E-state index is 0.